The Labute approximate surface area is 169 Å². The lowest BCUT2D eigenvalue weighted by molar-refractivity contribution is 0.594. The summed E-state index contributed by atoms with van der Waals surface area (Å²) in [6, 6.07) is 13.4. The first-order valence-corrected chi connectivity index (χ1v) is 10.9. The van der Waals surface area contributed by atoms with Crippen molar-refractivity contribution in [1.82, 2.24) is 5.32 Å². The van der Waals surface area contributed by atoms with E-state index in [0.29, 0.717) is 10.6 Å². The average molecular weight is 409 g/mol. The van der Waals surface area contributed by atoms with Crippen molar-refractivity contribution in [2.24, 2.45) is 0 Å². The summed E-state index contributed by atoms with van der Waals surface area (Å²) in [5.41, 5.74) is 4.33. The summed E-state index contributed by atoms with van der Waals surface area (Å²) in [4.78, 5) is 0.371. The second-order valence-corrected chi connectivity index (χ2v) is 8.89. The topological polar surface area (TPSA) is 49.4 Å². The Morgan fingerprint density at radius 3 is 2.33 bits per heavy atom. The van der Waals surface area contributed by atoms with Gasteiger partial charge >= 0.3 is 0 Å². The number of hydrogen-bond acceptors (Lipinski definition) is 3. The van der Waals surface area contributed by atoms with E-state index in [1.165, 1.54) is 15.4 Å². The van der Waals surface area contributed by atoms with E-state index in [1.54, 1.807) is 13.1 Å². The minimum absolute atomic E-state index is 0. The highest BCUT2D eigenvalue weighted by molar-refractivity contribution is 7.92. The van der Waals surface area contributed by atoms with E-state index in [1.807, 2.05) is 36.4 Å². The van der Waals surface area contributed by atoms with Crippen molar-refractivity contribution in [2.75, 3.05) is 24.4 Å². The van der Waals surface area contributed by atoms with Crippen LogP contribution >= 0.6 is 12.4 Å². The van der Waals surface area contributed by atoms with Crippen LogP contribution in [0.3, 0.4) is 0 Å². The van der Waals surface area contributed by atoms with E-state index in [0.717, 1.165) is 50.8 Å². The molecule has 1 aliphatic rings. The van der Waals surface area contributed by atoms with E-state index >= 15 is 0 Å². The van der Waals surface area contributed by atoms with Gasteiger partial charge in [-0.15, -0.1) is 12.4 Å². The number of unbranched alkanes of at least 4 members (excludes halogenated alkanes) is 1. The van der Waals surface area contributed by atoms with Crippen LogP contribution in [0.25, 0.3) is 0 Å². The average Bonchev–Trinajstić information content (AvgIpc) is 2.91. The predicted molar refractivity (Wildman–Crippen MR) is 115 cm³/mol. The monoisotopic (exact) mass is 408 g/mol. The van der Waals surface area contributed by atoms with Crippen LogP contribution in [0.15, 0.2) is 47.4 Å². The quantitative estimate of drug-likeness (QED) is 0.786. The first kappa shape index (κ1) is 21.7. The number of fused-ring (bicyclic) bond motifs is 1. The third-order valence-electron chi connectivity index (χ3n) is 5.10. The van der Waals surface area contributed by atoms with Gasteiger partial charge in [-0.25, -0.2) is 8.42 Å². The standard InChI is InChI=1S/C21H28N2O2S.ClH/c1-3-4-5-17-6-9-20(10-7-17)23(2)26(24,25)21-11-8-18-12-14-22-15-13-19(18)16-21;/h6-11,16,22H,3-5,12-15H2,1-2H3;1H. The van der Waals surface area contributed by atoms with Gasteiger partial charge in [0.15, 0.2) is 0 Å². The van der Waals surface area contributed by atoms with Gasteiger partial charge in [-0.05, 0) is 79.7 Å². The molecule has 2 aromatic carbocycles. The highest BCUT2D eigenvalue weighted by Crippen LogP contribution is 2.25. The number of anilines is 1. The highest BCUT2D eigenvalue weighted by Gasteiger charge is 2.22. The summed E-state index contributed by atoms with van der Waals surface area (Å²) in [6.45, 7) is 4.01. The fourth-order valence-electron chi connectivity index (χ4n) is 3.36. The third kappa shape index (κ3) is 5.03. The number of halogens is 1. The van der Waals surface area contributed by atoms with Gasteiger partial charge in [0.05, 0.1) is 10.6 Å². The van der Waals surface area contributed by atoms with E-state index in [-0.39, 0.29) is 12.4 Å². The molecule has 0 saturated carbocycles. The number of sulfonamides is 1. The Hall–Kier alpha value is -1.56. The van der Waals surface area contributed by atoms with E-state index in [4.69, 9.17) is 0 Å². The summed E-state index contributed by atoms with van der Waals surface area (Å²) in [5.74, 6) is 0. The molecule has 0 unspecified atom stereocenters. The molecule has 4 nitrogen and oxygen atoms in total. The Kier molecular flexibility index (Phi) is 7.71. The molecule has 0 amide bonds. The molecule has 3 rings (SSSR count). The number of nitrogens with zero attached hydrogens (tertiary/aromatic N) is 1. The molecule has 1 heterocycles. The molecule has 6 heteroatoms. The Balaban J connectivity index is 0.00000261. The largest absolute Gasteiger partial charge is 0.316 e. The van der Waals surface area contributed by atoms with Gasteiger partial charge in [0.1, 0.15) is 0 Å². The molecule has 0 radical (unpaired) electrons. The van der Waals surface area contributed by atoms with E-state index in [2.05, 4.69) is 12.2 Å². The zero-order chi connectivity index (χ0) is 18.6. The second-order valence-electron chi connectivity index (χ2n) is 6.92. The smallest absolute Gasteiger partial charge is 0.264 e. The lowest BCUT2D eigenvalue weighted by atomic mass is 10.0. The van der Waals surface area contributed by atoms with Crippen molar-refractivity contribution in [3.63, 3.8) is 0 Å². The van der Waals surface area contributed by atoms with Gasteiger partial charge in [0, 0.05) is 7.05 Å². The first-order valence-electron chi connectivity index (χ1n) is 9.43. The van der Waals surface area contributed by atoms with Crippen molar-refractivity contribution in [2.45, 2.75) is 43.9 Å². The van der Waals surface area contributed by atoms with Crippen LogP contribution in [0.2, 0.25) is 0 Å². The van der Waals surface area contributed by atoms with Gasteiger partial charge in [-0.3, -0.25) is 4.31 Å². The fraction of sp³-hybridized carbons (Fsp3) is 0.429. The lowest BCUT2D eigenvalue weighted by Crippen LogP contribution is -2.26. The van der Waals surface area contributed by atoms with Gasteiger partial charge in [-0.1, -0.05) is 31.5 Å². The summed E-state index contributed by atoms with van der Waals surface area (Å²) in [5, 5.41) is 3.36. The normalized spacial score (nSPS) is 14.0. The lowest BCUT2D eigenvalue weighted by Gasteiger charge is -2.20. The summed E-state index contributed by atoms with van der Waals surface area (Å²) >= 11 is 0. The van der Waals surface area contributed by atoms with Crippen LogP contribution in [0.4, 0.5) is 5.69 Å². The molecule has 1 N–H and O–H groups in total. The molecule has 0 saturated heterocycles. The maximum absolute atomic E-state index is 13.1. The molecule has 0 spiro atoms. The second kappa shape index (κ2) is 9.58. The van der Waals surface area contributed by atoms with Crippen molar-refractivity contribution in [3.8, 4) is 0 Å². The molecule has 0 atom stereocenters. The van der Waals surface area contributed by atoms with E-state index < -0.39 is 10.0 Å². The zero-order valence-corrected chi connectivity index (χ0v) is 17.7. The zero-order valence-electron chi connectivity index (χ0n) is 16.1. The van der Waals surface area contributed by atoms with Gasteiger partial charge in [0.25, 0.3) is 10.0 Å². The maximum Gasteiger partial charge on any atom is 0.264 e. The molecule has 27 heavy (non-hydrogen) atoms. The van der Waals surface area contributed by atoms with E-state index in [9.17, 15) is 8.42 Å². The minimum atomic E-state index is -3.55. The molecule has 0 aromatic heterocycles. The Bertz CT molecular complexity index is 851. The first-order chi connectivity index (χ1) is 12.5. The predicted octanol–water partition coefficient (Wildman–Crippen LogP) is 3.96. The molecular formula is C21H29ClN2O2S. The SMILES string of the molecule is CCCCc1ccc(N(C)S(=O)(=O)c2ccc3c(c2)CCNCC3)cc1.Cl. The van der Waals surface area contributed by atoms with Crippen LogP contribution in [0.1, 0.15) is 36.5 Å². The molecule has 148 valence electrons. The number of rotatable bonds is 6. The minimum Gasteiger partial charge on any atom is -0.316 e. The van der Waals surface area contributed by atoms with Gasteiger partial charge < -0.3 is 5.32 Å². The van der Waals surface area contributed by atoms with Crippen molar-refractivity contribution >= 4 is 28.1 Å². The summed E-state index contributed by atoms with van der Waals surface area (Å²) < 4.78 is 27.5. The molecule has 0 fully saturated rings. The molecule has 2 aromatic rings. The van der Waals surface area contributed by atoms with Crippen LogP contribution < -0.4 is 9.62 Å². The Morgan fingerprint density at radius 1 is 1.00 bits per heavy atom. The fourth-order valence-corrected chi connectivity index (χ4v) is 4.61. The number of benzene rings is 2. The highest BCUT2D eigenvalue weighted by atomic mass is 35.5. The molecule has 1 aliphatic heterocycles. The Morgan fingerprint density at radius 2 is 1.67 bits per heavy atom. The van der Waals surface area contributed by atoms with Crippen LogP contribution in [-0.2, 0) is 29.3 Å². The van der Waals surface area contributed by atoms with Crippen LogP contribution in [0, 0.1) is 0 Å². The van der Waals surface area contributed by atoms with Crippen molar-refractivity contribution in [3.05, 3.63) is 59.2 Å². The molecular weight excluding hydrogens is 380 g/mol. The number of nitrogens with one attached hydrogen (secondary N) is 1. The van der Waals surface area contributed by atoms with Crippen molar-refractivity contribution < 1.29 is 8.42 Å². The third-order valence-corrected chi connectivity index (χ3v) is 6.88. The van der Waals surface area contributed by atoms with Gasteiger partial charge in [-0.2, -0.15) is 0 Å². The van der Waals surface area contributed by atoms with Crippen LogP contribution in [0.5, 0.6) is 0 Å². The summed E-state index contributed by atoms with van der Waals surface area (Å²) in [6.07, 6.45) is 5.16. The number of aryl methyl sites for hydroxylation is 1. The molecule has 0 aliphatic carbocycles. The summed E-state index contributed by atoms with van der Waals surface area (Å²) in [7, 11) is -1.93. The van der Waals surface area contributed by atoms with Crippen LogP contribution in [-0.4, -0.2) is 28.6 Å². The molecule has 0 bridgehead atoms. The van der Waals surface area contributed by atoms with Gasteiger partial charge in [0.2, 0.25) is 0 Å². The number of hydrogen-bond donors (Lipinski definition) is 1. The maximum atomic E-state index is 13.1. The van der Waals surface area contributed by atoms with Crippen molar-refractivity contribution in [1.29, 1.82) is 0 Å².